The van der Waals surface area contributed by atoms with Gasteiger partial charge in [-0.25, -0.2) is 4.39 Å². The third-order valence-electron chi connectivity index (χ3n) is 3.15. The number of benzene rings is 2. The molecule has 5 heteroatoms. The second-order valence-electron chi connectivity index (χ2n) is 4.40. The first kappa shape index (κ1) is 15.5. The lowest BCUT2D eigenvalue weighted by molar-refractivity contribution is 0.523. The van der Waals surface area contributed by atoms with E-state index in [1.807, 2.05) is 36.6 Å². The summed E-state index contributed by atoms with van der Waals surface area (Å²) in [6.45, 7) is 0. The van der Waals surface area contributed by atoms with E-state index in [-0.39, 0.29) is 11.9 Å². The van der Waals surface area contributed by atoms with Gasteiger partial charge in [-0.1, -0.05) is 40.2 Å². The number of thioether (sulfide) groups is 1. The molecule has 2 nitrogen and oxygen atoms in total. The van der Waals surface area contributed by atoms with Crippen LogP contribution in [0.5, 0.6) is 0 Å². The van der Waals surface area contributed by atoms with Crippen molar-refractivity contribution in [2.45, 2.75) is 17.4 Å². The summed E-state index contributed by atoms with van der Waals surface area (Å²) in [5.41, 5.74) is 4.52. The lowest BCUT2D eigenvalue weighted by atomic mass is 9.99. The molecular weight excluding hydrogens is 339 g/mol. The Morgan fingerprint density at radius 1 is 1.30 bits per heavy atom. The molecule has 2 aromatic carbocycles. The van der Waals surface area contributed by atoms with Crippen molar-refractivity contribution in [3.8, 4) is 0 Å². The van der Waals surface area contributed by atoms with Gasteiger partial charge in [0.15, 0.2) is 0 Å². The largest absolute Gasteiger partial charge is 0.271 e. The second-order valence-corrected chi connectivity index (χ2v) is 6.16. The molecule has 0 aromatic heterocycles. The highest BCUT2D eigenvalue weighted by Gasteiger charge is 2.16. The van der Waals surface area contributed by atoms with E-state index < -0.39 is 0 Å². The van der Waals surface area contributed by atoms with Crippen LogP contribution in [0.4, 0.5) is 4.39 Å². The Morgan fingerprint density at radius 2 is 2.05 bits per heavy atom. The Bertz CT molecular complexity index is 592. The predicted octanol–water partition coefficient (Wildman–Crippen LogP) is 4.06. The summed E-state index contributed by atoms with van der Waals surface area (Å²) in [5.74, 6) is 5.44. The van der Waals surface area contributed by atoms with Crippen molar-refractivity contribution in [3.63, 3.8) is 0 Å². The van der Waals surface area contributed by atoms with Crippen LogP contribution < -0.4 is 11.3 Å². The van der Waals surface area contributed by atoms with Crippen molar-refractivity contribution in [3.05, 3.63) is 63.9 Å². The number of hydrazine groups is 1. The zero-order chi connectivity index (χ0) is 14.5. The zero-order valence-electron chi connectivity index (χ0n) is 11.1. The van der Waals surface area contributed by atoms with Gasteiger partial charge in [-0.05, 0) is 42.0 Å². The summed E-state index contributed by atoms with van der Waals surface area (Å²) in [4.78, 5) is 1.15. The topological polar surface area (TPSA) is 38.0 Å². The van der Waals surface area contributed by atoms with Crippen LogP contribution in [-0.2, 0) is 6.42 Å². The number of halogens is 2. The van der Waals surface area contributed by atoms with E-state index >= 15 is 0 Å². The highest BCUT2D eigenvalue weighted by molar-refractivity contribution is 9.10. The SMILES string of the molecule is CSc1ccccc1C(Cc1ccc(Br)cc1F)NN. The second kappa shape index (κ2) is 7.22. The van der Waals surface area contributed by atoms with Crippen LogP contribution in [0, 0.1) is 5.82 Å². The Labute approximate surface area is 131 Å². The fourth-order valence-electron chi connectivity index (χ4n) is 2.12. The molecule has 0 aliphatic carbocycles. The standard InChI is InChI=1S/C15H16BrFN2S/c1-20-15-5-3-2-4-12(15)14(19-18)8-10-6-7-11(16)9-13(10)17/h2-7,9,14,19H,8,18H2,1H3. The third kappa shape index (κ3) is 3.61. The fourth-order valence-corrected chi connectivity index (χ4v) is 3.11. The molecule has 20 heavy (non-hydrogen) atoms. The summed E-state index contributed by atoms with van der Waals surface area (Å²) in [5, 5.41) is 0. The highest BCUT2D eigenvalue weighted by atomic mass is 79.9. The summed E-state index contributed by atoms with van der Waals surface area (Å²) in [6.07, 6.45) is 2.53. The van der Waals surface area contributed by atoms with Gasteiger partial charge in [0.2, 0.25) is 0 Å². The molecule has 106 valence electrons. The number of nitrogens with two attached hydrogens (primary N) is 1. The molecular formula is C15H16BrFN2S. The zero-order valence-corrected chi connectivity index (χ0v) is 13.5. The molecule has 0 radical (unpaired) electrons. The molecule has 0 heterocycles. The van der Waals surface area contributed by atoms with Crippen LogP contribution in [0.2, 0.25) is 0 Å². The first-order valence-electron chi connectivity index (χ1n) is 6.18. The van der Waals surface area contributed by atoms with Gasteiger partial charge in [-0.2, -0.15) is 0 Å². The molecule has 0 saturated carbocycles. The highest BCUT2D eigenvalue weighted by Crippen LogP contribution is 2.28. The molecule has 0 aliphatic rings. The first-order chi connectivity index (χ1) is 9.65. The maximum Gasteiger partial charge on any atom is 0.127 e. The van der Waals surface area contributed by atoms with Crippen LogP contribution in [0.15, 0.2) is 51.8 Å². The Hall–Kier alpha value is -0.880. The van der Waals surface area contributed by atoms with Crippen molar-refractivity contribution in [1.29, 1.82) is 0 Å². The van der Waals surface area contributed by atoms with Crippen LogP contribution in [0.1, 0.15) is 17.2 Å². The van der Waals surface area contributed by atoms with Crippen molar-refractivity contribution in [1.82, 2.24) is 5.43 Å². The van der Waals surface area contributed by atoms with Crippen molar-refractivity contribution >= 4 is 27.7 Å². The summed E-state index contributed by atoms with van der Waals surface area (Å²) < 4.78 is 14.7. The van der Waals surface area contributed by atoms with Crippen LogP contribution in [0.3, 0.4) is 0 Å². The van der Waals surface area contributed by atoms with Crippen molar-refractivity contribution in [2.75, 3.05) is 6.26 Å². The average molecular weight is 355 g/mol. The smallest absolute Gasteiger partial charge is 0.127 e. The average Bonchev–Trinajstić information content (AvgIpc) is 2.46. The molecule has 3 N–H and O–H groups in total. The quantitative estimate of drug-likeness (QED) is 0.483. The Balaban J connectivity index is 2.29. The lowest BCUT2D eigenvalue weighted by Crippen LogP contribution is -2.30. The van der Waals surface area contributed by atoms with Gasteiger partial charge in [0.25, 0.3) is 0 Å². The molecule has 0 saturated heterocycles. The Kier molecular flexibility index (Phi) is 5.60. The molecule has 0 amide bonds. The maximum atomic E-state index is 13.9. The molecule has 1 atom stereocenters. The molecule has 2 rings (SSSR count). The number of nitrogens with one attached hydrogen (secondary N) is 1. The van der Waals surface area contributed by atoms with Crippen molar-refractivity contribution < 1.29 is 4.39 Å². The van der Waals surface area contributed by atoms with E-state index in [0.29, 0.717) is 12.0 Å². The van der Waals surface area contributed by atoms with Crippen molar-refractivity contribution in [2.24, 2.45) is 5.84 Å². The molecule has 1 unspecified atom stereocenters. The van der Waals surface area contributed by atoms with Gasteiger partial charge in [0.05, 0.1) is 6.04 Å². The molecule has 0 bridgehead atoms. The number of rotatable bonds is 5. The van der Waals surface area contributed by atoms with Gasteiger partial charge in [-0.15, -0.1) is 11.8 Å². The van der Waals surface area contributed by atoms with E-state index in [0.717, 1.165) is 14.9 Å². The normalized spacial score (nSPS) is 12.4. The number of hydrogen-bond donors (Lipinski definition) is 2. The maximum absolute atomic E-state index is 13.9. The van der Waals surface area contributed by atoms with Crippen LogP contribution in [-0.4, -0.2) is 6.26 Å². The summed E-state index contributed by atoms with van der Waals surface area (Å²) in [6, 6.07) is 13.0. The van der Waals surface area contributed by atoms with Crippen LogP contribution in [0.25, 0.3) is 0 Å². The molecule has 0 aliphatic heterocycles. The summed E-state index contributed by atoms with van der Waals surface area (Å²) in [7, 11) is 0. The molecule has 2 aromatic rings. The number of hydrogen-bond acceptors (Lipinski definition) is 3. The minimum absolute atomic E-state index is 0.116. The van der Waals surface area contributed by atoms with Crippen LogP contribution >= 0.6 is 27.7 Å². The van der Waals surface area contributed by atoms with Gasteiger partial charge in [-0.3, -0.25) is 11.3 Å². The van der Waals surface area contributed by atoms with E-state index in [4.69, 9.17) is 5.84 Å². The lowest BCUT2D eigenvalue weighted by Gasteiger charge is -2.19. The van der Waals surface area contributed by atoms with Gasteiger partial charge < -0.3 is 0 Å². The van der Waals surface area contributed by atoms with E-state index in [2.05, 4.69) is 21.4 Å². The monoisotopic (exact) mass is 354 g/mol. The minimum atomic E-state index is -0.221. The first-order valence-corrected chi connectivity index (χ1v) is 8.20. The molecule has 0 fully saturated rings. The predicted molar refractivity (Wildman–Crippen MR) is 86.1 cm³/mol. The van der Waals surface area contributed by atoms with Gasteiger partial charge in [0.1, 0.15) is 5.82 Å². The van der Waals surface area contributed by atoms with E-state index in [1.54, 1.807) is 17.8 Å². The molecule has 0 spiro atoms. The van der Waals surface area contributed by atoms with E-state index in [9.17, 15) is 4.39 Å². The fraction of sp³-hybridized carbons (Fsp3) is 0.200. The summed E-state index contributed by atoms with van der Waals surface area (Å²) >= 11 is 4.92. The minimum Gasteiger partial charge on any atom is -0.271 e. The van der Waals surface area contributed by atoms with Gasteiger partial charge in [0, 0.05) is 9.37 Å². The van der Waals surface area contributed by atoms with Gasteiger partial charge >= 0.3 is 0 Å². The third-order valence-corrected chi connectivity index (χ3v) is 4.46. The van der Waals surface area contributed by atoms with E-state index in [1.165, 1.54) is 6.07 Å². The Morgan fingerprint density at radius 3 is 2.70 bits per heavy atom.